The Bertz CT molecular complexity index is 572. The quantitative estimate of drug-likeness (QED) is 0.664. The zero-order valence-corrected chi connectivity index (χ0v) is 10.4. The molecule has 0 fully saturated rings. The van der Waals surface area contributed by atoms with Crippen LogP contribution in [0.15, 0.2) is 34.7 Å². The summed E-state index contributed by atoms with van der Waals surface area (Å²) in [6, 6.07) is 8.56. The fraction of sp³-hybridized carbons (Fsp3) is 0.214. The molecule has 18 heavy (non-hydrogen) atoms. The topological polar surface area (TPSA) is 65.5 Å². The number of aryl methyl sites for hydroxylation is 1. The van der Waals surface area contributed by atoms with Crippen LogP contribution in [0.25, 0.3) is 0 Å². The first kappa shape index (κ1) is 12.2. The molecule has 2 rings (SSSR count). The Morgan fingerprint density at radius 2 is 2.11 bits per heavy atom. The molecule has 0 bridgehead atoms. The molecule has 94 valence electrons. The SMILES string of the molecule is CCc1ccc(C(=O)c2c(N)cccc2OC)o1. The Labute approximate surface area is 105 Å². The van der Waals surface area contributed by atoms with Gasteiger partial charge in [0, 0.05) is 12.1 Å². The predicted molar refractivity (Wildman–Crippen MR) is 68.9 cm³/mol. The summed E-state index contributed by atoms with van der Waals surface area (Å²) in [5.74, 6) is 1.24. The molecule has 0 radical (unpaired) electrons. The summed E-state index contributed by atoms with van der Waals surface area (Å²) in [5.41, 5.74) is 6.56. The number of hydrogen-bond acceptors (Lipinski definition) is 4. The monoisotopic (exact) mass is 245 g/mol. The van der Waals surface area contributed by atoms with Crippen LogP contribution in [0.3, 0.4) is 0 Å². The Morgan fingerprint density at radius 1 is 1.33 bits per heavy atom. The van der Waals surface area contributed by atoms with Crippen molar-refractivity contribution >= 4 is 11.5 Å². The molecule has 0 spiro atoms. The highest BCUT2D eigenvalue weighted by atomic mass is 16.5. The van der Waals surface area contributed by atoms with Gasteiger partial charge in [-0.2, -0.15) is 0 Å². The van der Waals surface area contributed by atoms with Gasteiger partial charge in [-0.15, -0.1) is 0 Å². The molecule has 0 saturated heterocycles. The molecule has 2 N–H and O–H groups in total. The fourth-order valence-corrected chi connectivity index (χ4v) is 1.77. The minimum atomic E-state index is -0.260. The standard InChI is InChI=1S/C14H15NO3/c1-3-9-7-8-12(18-9)14(16)13-10(15)5-4-6-11(13)17-2/h4-8H,3,15H2,1-2H3. The van der Waals surface area contributed by atoms with Gasteiger partial charge in [-0.3, -0.25) is 4.79 Å². The van der Waals surface area contributed by atoms with Crippen molar-refractivity contribution in [2.75, 3.05) is 12.8 Å². The maximum atomic E-state index is 12.3. The van der Waals surface area contributed by atoms with E-state index in [1.807, 2.05) is 6.92 Å². The lowest BCUT2D eigenvalue weighted by atomic mass is 10.1. The Morgan fingerprint density at radius 3 is 2.72 bits per heavy atom. The maximum absolute atomic E-state index is 12.3. The number of carbonyl (C=O) groups is 1. The van der Waals surface area contributed by atoms with E-state index in [0.717, 1.165) is 12.2 Å². The van der Waals surface area contributed by atoms with Crippen molar-refractivity contribution in [3.05, 3.63) is 47.4 Å². The number of hydrogen-bond donors (Lipinski definition) is 1. The number of methoxy groups -OCH3 is 1. The number of carbonyl (C=O) groups excluding carboxylic acids is 1. The van der Waals surface area contributed by atoms with E-state index >= 15 is 0 Å². The lowest BCUT2D eigenvalue weighted by molar-refractivity contribution is 0.101. The van der Waals surface area contributed by atoms with Crippen molar-refractivity contribution in [2.45, 2.75) is 13.3 Å². The molecule has 0 aliphatic carbocycles. The van der Waals surface area contributed by atoms with Crippen LogP contribution in [0.1, 0.15) is 28.8 Å². The Hall–Kier alpha value is -2.23. The van der Waals surface area contributed by atoms with Crippen LogP contribution >= 0.6 is 0 Å². The highest BCUT2D eigenvalue weighted by Gasteiger charge is 2.20. The van der Waals surface area contributed by atoms with Crippen LogP contribution in [-0.4, -0.2) is 12.9 Å². The van der Waals surface area contributed by atoms with Crippen LogP contribution in [0.2, 0.25) is 0 Å². The van der Waals surface area contributed by atoms with Crippen molar-refractivity contribution in [3.63, 3.8) is 0 Å². The molecule has 1 heterocycles. The third-order valence-corrected chi connectivity index (χ3v) is 2.74. The number of nitrogens with two attached hydrogens (primary N) is 1. The zero-order valence-electron chi connectivity index (χ0n) is 10.4. The summed E-state index contributed by atoms with van der Waals surface area (Å²) in [6.07, 6.45) is 0.745. The van der Waals surface area contributed by atoms with Crippen molar-refractivity contribution < 1.29 is 13.9 Å². The second kappa shape index (κ2) is 4.96. The number of ketones is 1. The molecule has 0 aliphatic rings. The minimum absolute atomic E-state index is 0.260. The molecule has 1 aromatic carbocycles. The first-order valence-electron chi connectivity index (χ1n) is 5.73. The average molecular weight is 245 g/mol. The number of furan rings is 1. The second-order valence-electron chi connectivity index (χ2n) is 3.87. The van der Waals surface area contributed by atoms with E-state index in [1.165, 1.54) is 7.11 Å². The van der Waals surface area contributed by atoms with Gasteiger partial charge < -0.3 is 14.9 Å². The first-order valence-corrected chi connectivity index (χ1v) is 5.73. The van der Waals surface area contributed by atoms with E-state index in [0.29, 0.717) is 17.0 Å². The minimum Gasteiger partial charge on any atom is -0.496 e. The molecular weight excluding hydrogens is 230 g/mol. The summed E-state index contributed by atoms with van der Waals surface area (Å²) in [5, 5.41) is 0. The molecule has 0 amide bonds. The van der Waals surface area contributed by atoms with Gasteiger partial charge >= 0.3 is 0 Å². The maximum Gasteiger partial charge on any atom is 0.233 e. The number of ether oxygens (including phenoxy) is 1. The average Bonchev–Trinajstić information content (AvgIpc) is 2.86. The zero-order chi connectivity index (χ0) is 13.1. The van der Waals surface area contributed by atoms with Gasteiger partial charge in [-0.05, 0) is 24.3 Å². The van der Waals surface area contributed by atoms with Crippen LogP contribution < -0.4 is 10.5 Å². The highest BCUT2D eigenvalue weighted by molar-refractivity contribution is 6.12. The molecule has 0 saturated carbocycles. The first-order chi connectivity index (χ1) is 8.67. The summed E-state index contributed by atoms with van der Waals surface area (Å²) in [6.45, 7) is 1.96. The van der Waals surface area contributed by atoms with Crippen molar-refractivity contribution in [2.24, 2.45) is 0 Å². The molecular formula is C14H15NO3. The fourth-order valence-electron chi connectivity index (χ4n) is 1.77. The van der Waals surface area contributed by atoms with E-state index in [9.17, 15) is 4.79 Å². The van der Waals surface area contributed by atoms with Gasteiger partial charge in [0.2, 0.25) is 5.78 Å². The number of nitrogen functional groups attached to an aromatic ring is 1. The molecule has 0 unspecified atom stereocenters. The third-order valence-electron chi connectivity index (χ3n) is 2.74. The van der Waals surface area contributed by atoms with Crippen LogP contribution in [0, 0.1) is 0 Å². The van der Waals surface area contributed by atoms with Crippen molar-refractivity contribution in [1.82, 2.24) is 0 Å². The van der Waals surface area contributed by atoms with Gasteiger partial charge in [-0.25, -0.2) is 0 Å². The van der Waals surface area contributed by atoms with Crippen molar-refractivity contribution in [3.8, 4) is 5.75 Å². The molecule has 2 aromatic rings. The molecule has 4 heteroatoms. The van der Waals surface area contributed by atoms with Crippen molar-refractivity contribution in [1.29, 1.82) is 0 Å². The molecule has 4 nitrogen and oxygen atoms in total. The number of anilines is 1. The number of benzene rings is 1. The van der Waals surface area contributed by atoms with Gasteiger partial charge in [0.1, 0.15) is 11.5 Å². The molecule has 0 atom stereocenters. The number of rotatable bonds is 4. The lowest BCUT2D eigenvalue weighted by Gasteiger charge is -2.08. The predicted octanol–water partition coefficient (Wildman–Crippen LogP) is 2.66. The summed E-state index contributed by atoms with van der Waals surface area (Å²) >= 11 is 0. The van der Waals surface area contributed by atoms with E-state index in [2.05, 4.69) is 0 Å². The normalized spacial score (nSPS) is 10.3. The highest BCUT2D eigenvalue weighted by Crippen LogP contribution is 2.27. The van der Waals surface area contributed by atoms with Gasteiger partial charge in [-0.1, -0.05) is 13.0 Å². The largest absolute Gasteiger partial charge is 0.496 e. The van der Waals surface area contributed by atoms with Gasteiger partial charge in [0.25, 0.3) is 0 Å². The summed E-state index contributed by atoms with van der Waals surface area (Å²) < 4.78 is 10.6. The van der Waals surface area contributed by atoms with E-state index < -0.39 is 0 Å². The van der Waals surface area contributed by atoms with E-state index in [4.69, 9.17) is 14.9 Å². The Kier molecular flexibility index (Phi) is 3.37. The third kappa shape index (κ3) is 2.09. The van der Waals surface area contributed by atoms with E-state index in [1.54, 1.807) is 30.3 Å². The van der Waals surface area contributed by atoms with Gasteiger partial charge in [0.15, 0.2) is 5.76 Å². The van der Waals surface area contributed by atoms with Crippen LogP contribution in [0.5, 0.6) is 5.75 Å². The van der Waals surface area contributed by atoms with E-state index in [-0.39, 0.29) is 11.5 Å². The van der Waals surface area contributed by atoms with Crippen LogP contribution in [0.4, 0.5) is 5.69 Å². The Balaban J connectivity index is 2.45. The second-order valence-corrected chi connectivity index (χ2v) is 3.87. The van der Waals surface area contributed by atoms with Crippen LogP contribution in [-0.2, 0) is 6.42 Å². The summed E-state index contributed by atoms with van der Waals surface area (Å²) in [4.78, 5) is 12.3. The smallest absolute Gasteiger partial charge is 0.233 e. The van der Waals surface area contributed by atoms with Gasteiger partial charge in [0.05, 0.1) is 12.7 Å². The molecule has 1 aromatic heterocycles. The summed E-state index contributed by atoms with van der Waals surface area (Å²) in [7, 11) is 1.51. The lowest BCUT2D eigenvalue weighted by Crippen LogP contribution is -2.06. The molecule has 0 aliphatic heterocycles.